The Morgan fingerprint density at radius 1 is 1.07 bits per heavy atom. The van der Waals surface area contributed by atoms with Crippen molar-refractivity contribution in [3.8, 4) is 0 Å². The molecule has 1 aromatic carbocycles. The molecule has 1 aliphatic heterocycles. The van der Waals surface area contributed by atoms with Gasteiger partial charge in [0.1, 0.15) is 6.04 Å². The first kappa shape index (κ1) is 18.0. The molecular formula is C22H26N2O3. The van der Waals surface area contributed by atoms with Crippen molar-refractivity contribution >= 4 is 23.4 Å². The molecule has 142 valence electrons. The van der Waals surface area contributed by atoms with Crippen LogP contribution in [-0.2, 0) is 14.4 Å². The standard InChI is InChI=1S/C22H26N2O3/c1-4-16(20(25)23-19-12(2)6-5-7-13(19)3)24-21(26)17-14-8-9-15(11-10-14)18(17)22(24)27/h5-9,14-18H,4,10-11H2,1-3H3,(H,23,25)/t14-,15-,16+,17-,18+/m0/s1. The van der Waals surface area contributed by atoms with Crippen molar-refractivity contribution in [1.29, 1.82) is 0 Å². The van der Waals surface area contributed by atoms with E-state index in [1.54, 1.807) is 0 Å². The number of aryl methyl sites for hydroxylation is 2. The highest BCUT2D eigenvalue weighted by atomic mass is 16.2. The van der Waals surface area contributed by atoms with Gasteiger partial charge in [0.15, 0.2) is 0 Å². The molecule has 0 aromatic heterocycles. The number of amides is 3. The maximum Gasteiger partial charge on any atom is 0.247 e. The predicted octanol–water partition coefficient (Wildman–Crippen LogP) is 3.22. The summed E-state index contributed by atoms with van der Waals surface area (Å²) in [5.41, 5.74) is 2.69. The van der Waals surface area contributed by atoms with Crippen molar-refractivity contribution < 1.29 is 14.4 Å². The van der Waals surface area contributed by atoms with Crippen LogP contribution in [0.2, 0.25) is 0 Å². The van der Waals surface area contributed by atoms with E-state index < -0.39 is 6.04 Å². The monoisotopic (exact) mass is 366 g/mol. The van der Waals surface area contributed by atoms with Crippen LogP contribution in [0, 0.1) is 37.5 Å². The average Bonchev–Trinajstić information content (AvgIpc) is 2.94. The third-order valence-corrected chi connectivity index (χ3v) is 6.52. The number of nitrogens with one attached hydrogen (secondary N) is 1. The number of benzene rings is 1. The molecule has 5 nitrogen and oxygen atoms in total. The number of fused-ring (bicyclic) bond motifs is 1. The number of anilines is 1. The molecule has 4 aliphatic rings. The van der Waals surface area contributed by atoms with Gasteiger partial charge in [-0.15, -0.1) is 0 Å². The van der Waals surface area contributed by atoms with Gasteiger partial charge in [-0.05, 0) is 56.1 Å². The van der Waals surface area contributed by atoms with Crippen LogP contribution < -0.4 is 5.32 Å². The smallest absolute Gasteiger partial charge is 0.247 e. The average molecular weight is 366 g/mol. The third kappa shape index (κ3) is 2.71. The Kier molecular flexibility index (Phi) is 4.41. The summed E-state index contributed by atoms with van der Waals surface area (Å²) in [6.45, 7) is 5.73. The van der Waals surface area contributed by atoms with E-state index in [9.17, 15) is 14.4 Å². The van der Waals surface area contributed by atoms with Gasteiger partial charge in [0.2, 0.25) is 17.7 Å². The minimum atomic E-state index is -0.756. The molecule has 2 bridgehead atoms. The second-order valence-electron chi connectivity index (χ2n) is 8.07. The van der Waals surface area contributed by atoms with E-state index in [-0.39, 0.29) is 41.4 Å². The number of hydrogen-bond acceptors (Lipinski definition) is 3. The second-order valence-corrected chi connectivity index (χ2v) is 8.07. The molecule has 0 spiro atoms. The maximum atomic E-state index is 13.1. The van der Waals surface area contributed by atoms with E-state index in [1.807, 2.05) is 39.0 Å². The van der Waals surface area contributed by atoms with Crippen LogP contribution in [0.5, 0.6) is 0 Å². The fourth-order valence-corrected chi connectivity index (χ4v) is 5.11. The number of carbonyl (C=O) groups excluding carboxylic acids is 3. The van der Waals surface area contributed by atoms with Gasteiger partial charge >= 0.3 is 0 Å². The first-order valence-electron chi connectivity index (χ1n) is 9.86. The molecule has 2 fully saturated rings. The number of carbonyl (C=O) groups is 3. The molecule has 5 rings (SSSR count). The molecule has 0 radical (unpaired) electrons. The van der Waals surface area contributed by atoms with E-state index in [4.69, 9.17) is 0 Å². The molecular weight excluding hydrogens is 340 g/mol. The van der Waals surface area contributed by atoms with Crippen LogP contribution in [-0.4, -0.2) is 28.7 Å². The number of hydrogen-bond donors (Lipinski definition) is 1. The third-order valence-electron chi connectivity index (χ3n) is 6.52. The highest BCUT2D eigenvalue weighted by Gasteiger charge is 2.58. The lowest BCUT2D eigenvalue weighted by molar-refractivity contribution is -0.146. The fourth-order valence-electron chi connectivity index (χ4n) is 5.11. The van der Waals surface area contributed by atoms with Crippen LogP contribution in [0.3, 0.4) is 0 Å². The Labute approximate surface area is 159 Å². The van der Waals surface area contributed by atoms with Gasteiger partial charge in [-0.1, -0.05) is 37.3 Å². The lowest BCUT2D eigenvalue weighted by atomic mass is 9.63. The molecule has 3 amide bonds. The molecule has 1 heterocycles. The molecule has 5 heteroatoms. The SMILES string of the molecule is CC[C@H](C(=O)Nc1c(C)cccc1C)N1C(=O)[C@@H]2[C@H](C1=O)[C@H]1C=C[C@H]2CC1. The summed E-state index contributed by atoms with van der Waals surface area (Å²) >= 11 is 0. The van der Waals surface area contributed by atoms with E-state index in [1.165, 1.54) is 4.90 Å². The highest BCUT2D eigenvalue weighted by molar-refractivity contribution is 6.10. The molecule has 1 N–H and O–H groups in total. The summed E-state index contributed by atoms with van der Waals surface area (Å²) in [6.07, 6.45) is 6.53. The zero-order valence-electron chi connectivity index (χ0n) is 16.1. The number of allylic oxidation sites excluding steroid dienone is 2. The van der Waals surface area contributed by atoms with Gasteiger partial charge in [0.25, 0.3) is 0 Å². The molecule has 5 atom stereocenters. The normalized spacial score (nSPS) is 29.8. The van der Waals surface area contributed by atoms with Gasteiger partial charge in [-0.2, -0.15) is 0 Å². The quantitative estimate of drug-likeness (QED) is 0.657. The van der Waals surface area contributed by atoms with Crippen LogP contribution in [0.4, 0.5) is 5.69 Å². The summed E-state index contributed by atoms with van der Waals surface area (Å²) in [6, 6.07) is 5.06. The zero-order valence-corrected chi connectivity index (χ0v) is 16.1. The largest absolute Gasteiger partial charge is 0.324 e. The van der Waals surface area contributed by atoms with E-state index >= 15 is 0 Å². The molecule has 27 heavy (non-hydrogen) atoms. The number of imide groups is 1. The van der Waals surface area contributed by atoms with Gasteiger partial charge in [-0.25, -0.2) is 0 Å². The van der Waals surface area contributed by atoms with Crippen molar-refractivity contribution in [3.63, 3.8) is 0 Å². The lowest BCUT2D eigenvalue weighted by Gasteiger charge is -2.38. The molecule has 1 saturated carbocycles. The van der Waals surface area contributed by atoms with Crippen molar-refractivity contribution in [2.45, 2.75) is 46.1 Å². The minimum Gasteiger partial charge on any atom is -0.324 e. The Balaban J connectivity index is 1.60. The van der Waals surface area contributed by atoms with E-state index in [0.717, 1.165) is 29.7 Å². The number of nitrogens with zero attached hydrogens (tertiary/aromatic N) is 1. The lowest BCUT2D eigenvalue weighted by Crippen LogP contribution is -2.47. The van der Waals surface area contributed by atoms with Gasteiger partial charge in [-0.3, -0.25) is 19.3 Å². The Morgan fingerprint density at radius 3 is 2.04 bits per heavy atom. The molecule has 1 saturated heterocycles. The first-order chi connectivity index (χ1) is 12.9. The summed E-state index contributed by atoms with van der Waals surface area (Å²) in [7, 11) is 0. The second kappa shape index (κ2) is 6.63. The maximum absolute atomic E-state index is 13.1. The first-order valence-corrected chi connectivity index (χ1v) is 9.86. The Bertz CT molecular complexity index is 792. The predicted molar refractivity (Wildman–Crippen MR) is 103 cm³/mol. The number of rotatable bonds is 4. The van der Waals surface area contributed by atoms with Crippen LogP contribution in [0.1, 0.15) is 37.3 Å². The van der Waals surface area contributed by atoms with Crippen LogP contribution in [0.15, 0.2) is 30.4 Å². The van der Waals surface area contributed by atoms with E-state index in [0.29, 0.717) is 6.42 Å². The number of para-hydroxylation sites is 1. The Hall–Kier alpha value is -2.43. The summed E-state index contributed by atoms with van der Waals surface area (Å²) in [5, 5.41) is 2.97. The highest BCUT2D eigenvalue weighted by Crippen LogP contribution is 2.50. The Morgan fingerprint density at radius 2 is 1.59 bits per heavy atom. The molecule has 3 aliphatic carbocycles. The minimum absolute atomic E-state index is 0.139. The van der Waals surface area contributed by atoms with Gasteiger partial charge < -0.3 is 5.32 Å². The van der Waals surface area contributed by atoms with Crippen LogP contribution in [0.25, 0.3) is 0 Å². The van der Waals surface area contributed by atoms with Crippen molar-refractivity contribution in [1.82, 2.24) is 4.90 Å². The van der Waals surface area contributed by atoms with Crippen molar-refractivity contribution in [2.24, 2.45) is 23.7 Å². The zero-order chi connectivity index (χ0) is 19.3. The summed E-state index contributed by atoms with van der Waals surface area (Å²) in [4.78, 5) is 40.6. The van der Waals surface area contributed by atoms with Crippen molar-refractivity contribution in [3.05, 3.63) is 41.5 Å². The van der Waals surface area contributed by atoms with E-state index in [2.05, 4.69) is 17.5 Å². The molecule has 0 unspecified atom stereocenters. The summed E-state index contributed by atoms with van der Waals surface area (Å²) in [5.74, 6) is -0.872. The fraction of sp³-hybridized carbons (Fsp3) is 0.500. The topological polar surface area (TPSA) is 66.5 Å². The number of likely N-dealkylation sites (tertiary alicyclic amines) is 1. The van der Waals surface area contributed by atoms with Gasteiger partial charge in [0.05, 0.1) is 11.8 Å². The van der Waals surface area contributed by atoms with Gasteiger partial charge in [0, 0.05) is 5.69 Å². The van der Waals surface area contributed by atoms with Crippen LogP contribution >= 0.6 is 0 Å². The summed E-state index contributed by atoms with van der Waals surface area (Å²) < 4.78 is 0. The molecule has 1 aromatic rings. The van der Waals surface area contributed by atoms with Crippen molar-refractivity contribution in [2.75, 3.05) is 5.32 Å².